The van der Waals surface area contributed by atoms with E-state index in [0.717, 1.165) is 56.8 Å². The normalized spacial score (nSPS) is 17.9. The summed E-state index contributed by atoms with van der Waals surface area (Å²) >= 11 is 0. The second-order valence-electron chi connectivity index (χ2n) is 11.3. The number of carboxylic acids is 2. The maximum atomic E-state index is 13.3. The van der Waals surface area contributed by atoms with Crippen molar-refractivity contribution in [2.24, 2.45) is 0 Å². The third-order valence-electron chi connectivity index (χ3n) is 8.98. The molecule has 0 spiro atoms. The molecule has 41 heavy (non-hydrogen) atoms. The van der Waals surface area contributed by atoms with E-state index in [0.29, 0.717) is 34.3 Å². The van der Waals surface area contributed by atoms with E-state index >= 15 is 0 Å². The van der Waals surface area contributed by atoms with E-state index in [2.05, 4.69) is 16.9 Å². The van der Waals surface area contributed by atoms with Gasteiger partial charge in [0.05, 0.1) is 33.7 Å². The summed E-state index contributed by atoms with van der Waals surface area (Å²) in [5.74, 6) is -2.24. The van der Waals surface area contributed by atoms with Crippen molar-refractivity contribution in [3.63, 3.8) is 0 Å². The van der Waals surface area contributed by atoms with Crippen molar-refractivity contribution in [2.45, 2.75) is 72.1 Å². The minimum absolute atomic E-state index is 0.0154. The molecule has 5 heterocycles. The number of hydrogen-bond donors (Lipinski definition) is 4. The zero-order valence-electron chi connectivity index (χ0n) is 23.7. The molecule has 1 aliphatic carbocycles. The molecule has 0 radical (unpaired) electrons. The Morgan fingerprint density at radius 1 is 0.976 bits per heavy atom. The van der Waals surface area contributed by atoms with Crippen molar-refractivity contribution in [3.8, 4) is 0 Å². The number of aromatic carboxylic acids is 1. The zero-order valence-corrected chi connectivity index (χ0v) is 23.7. The van der Waals surface area contributed by atoms with Crippen LogP contribution in [0.1, 0.15) is 112 Å². The second kappa shape index (κ2) is 9.54. The van der Waals surface area contributed by atoms with Gasteiger partial charge in [-0.3, -0.25) is 14.6 Å². The highest BCUT2D eigenvalue weighted by molar-refractivity contribution is 6.13. The Morgan fingerprint density at radius 2 is 1.68 bits per heavy atom. The standard InChI is InChI=1S/C32H32N4O5/c1-6-17-13(2)20-12-25-28(32(40)41)15(4)22(34-25)10-21-14(3)18(7-8-27(38)39)30(35-21)19-9-26(37)29-16(5)23(36-31(19)29)11-24(17)33-20/h10-12,14,18,34,36H,6-9H2,1-5H3,(H,38,39)(H,40,41)/t14-,18-/m0/s1. The highest BCUT2D eigenvalue weighted by atomic mass is 16.4. The van der Waals surface area contributed by atoms with Crippen LogP contribution in [-0.2, 0) is 11.2 Å². The summed E-state index contributed by atoms with van der Waals surface area (Å²) in [5.41, 5.74) is 10.6. The van der Waals surface area contributed by atoms with Gasteiger partial charge in [0.1, 0.15) is 0 Å². The molecule has 3 aliphatic rings. The quantitative estimate of drug-likeness (QED) is 0.284. The van der Waals surface area contributed by atoms with Crippen molar-refractivity contribution < 1.29 is 24.6 Å². The van der Waals surface area contributed by atoms with Crippen LogP contribution in [0.3, 0.4) is 0 Å². The number of ketones is 1. The summed E-state index contributed by atoms with van der Waals surface area (Å²) < 4.78 is 0. The number of aryl methyl sites for hydroxylation is 2. The number of allylic oxidation sites excluding steroid dienone is 2. The van der Waals surface area contributed by atoms with E-state index in [1.807, 2.05) is 32.9 Å². The molecule has 0 saturated carbocycles. The minimum atomic E-state index is -1.04. The van der Waals surface area contributed by atoms with Gasteiger partial charge in [0, 0.05) is 52.5 Å². The van der Waals surface area contributed by atoms with Gasteiger partial charge in [-0.15, -0.1) is 0 Å². The van der Waals surface area contributed by atoms with Crippen LogP contribution in [0.25, 0.3) is 33.2 Å². The number of aromatic amines is 2. The minimum Gasteiger partial charge on any atom is -0.481 e. The fraction of sp³-hybridized carbons (Fsp3) is 0.344. The van der Waals surface area contributed by atoms with Crippen molar-refractivity contribution >= 4 is 50.9 Å². The lowest BCUT2D eigenvalue weighted by Crippen LogP contribution is -2.08. The Morgan fingerprint density at radius 3 is 2.37 bits per heavy atom. The number of Topliss-reactive ketones (excluding diaryl/α,β-unsaturated/α-hetero) is 1. The molecule has 210 valence electrons. The molecule has 0 fully saturated rings. The first-order valence-corrected chi connectivity index (χ1v) is 14.0. The van der Waals surface area contributed by atoms with Crippen LogP contribution in [0, 0.1) is 13.8 Å². The molecule has 0 saturated heterocycles. The van der Waals surface area contributed by atoms with Crippen molar-refractivity contribution in [2.75, 3.05) is 0 Å². The summed E-state index contributed by atoms with van der Waals surface area (Å²) in [6.45, 7) is 9.76. The highest BCUT2D eigenvalue weighted by Gasteiger charge is 2.36. The maximum Gasteiger partial charge on any atom is 0.338 e. The molecule has 9 heteroatoms. The molecule has 0 amide bonds. The Kier molecular flexibility index (Phi) is 6.21. The highest BCUT2D eigenvalue weighted by Crippen LogP contribution is 2.44. The van der Waals surface area contributed by atoms with Crippen LogP contribution >= 0.6 is 0 Å². The molecular formula is C32H32N4O5. The topological polar surface area (TPSA) is 149 Å². The van der Waals surface area contributed by atoms with Gasteiger partial charge in [0.25, 0.3) is 0 Å². The third-order valence-corrected chi connectivity index (χ3v) is 8.98. The summed E-state index contributed by atoms with van der Waals surface area (Å²) in [4.78, 5) is 54.0. The first kappa shape index (κ1) is 26.7. The molecule has 3 aromatic rings. The van der Waals surface area contributed by atoms with Crippen molar-refractivity contribution in [1.29, 1.82) is 0 Å². The molecule has 9 nitrogen and oxygen atoms in total. The van der Waals surface area contributed by atoms with Crippen molar-refractivity contribution in [3.05, 3.63) is 68.8 Å². The van der Waals surface area contributed by atoms with E-state index in [1.54, 1.807) is 13.0 Å². The summed E-state index contributed by atoms with van der Waals surface area (Å²) in [6, 6.07) is 5.61. The molecule has 3 aromatic heterocycles. The van der Waals surface area contributed by atoms with Gasteiger partial charge < -0.3 is 20.2 Å². The smallest absolute Gasteiger partial charge is 0.338 e. The predicted molar refractivity (Wildman–Crippen MR) is 156 cm³/mol. The first-order chi connectivity index (χ1) is 19.5. The number of fused-ring (bicyclic) bond motifs is 8. The number of H-pyrrole nitrogens is 2. The molecule has 8 bridgehead atoms. The molecule has 0 unspecified atom stereocenters. The number of nitrogens with one attached hydrogen (secondary N) is 2. The lowest BCUT2D eigenvalue weighted by atomic mass is 9.85. The Bertz CT molecular complexity index is 1890. The molecule has 2 atom stereocenters. The number of aromatic nitrogens is 4. The summed E-state index contributed by atoms with van der Waals surface area (Å²) in [7, 11) is 0. The second-order valence-corrected chi connectivity index (χ2v) is 11.3. The van der Waals surface area contributed by atoms with Gasteiger partial charge in [-0.05, 0) is 74.1 Å². The van der Waals surface area contributed by atoms with Crippen LogP contribution < -0.4 is 0 Å². The average molecular weight is 553 g/mol. The van der Waals surface area contributed by atoms with Gasteiger partial charge in [0.2, 0.25) is 0 Å². The largest absolute Gasteiger partial charge is 0.481 e. The molecule has 4 N–H and O–H groups in total. The number of rotatable bonds is 5. The predicted octanol–water partition coefficient (Wildman–Crippen LogP) is 6.46. The monoisotopic (exact) mass is 552 g/mol. The lowest BCUT2D eigenvalue weighted by Gasteiger charge is -2.16. The summed E-state index contributed by atoms with van der Waals surface area (Å²) in [5, 5.41) is 19.6. The number of carboxylic acid groups (broad SMARTS) is 2. The van der Waals surface area contributed by atoms with Gasteiger partial charge in [-0.25, -0.2) is 9.78 Å². The number of carbonyl (C=O) groups excluding carboxylic acids is 1. The number of nitrogens with zero attached hydrogens (tertiary/aromatic N) is 2. The van der Waals surface area contributed by atoms with Crippen LogP contribution in [-0.4, -0.2) is 47.9 Å². The maximum absolute atomic E-state index is 13.3. The molecular weight excluding hydrogens is 520 g/mol. The van der Waals surface area contributed by atoms with Crippen LogP contribution in [0.4, 0.5) is 0 Å². The van der Waals surface area contributed by atoms with Gasteiger partial charge >= 0.3 is 11.9 Å². The van der Waals surface area contributed by atoms with Crippen molar-refractivity contribution in [1.82, 2.24) is 19.9 Å². The van der Waals surface area contributed by atoms with E-state index in [1.165, 1.54) is 0 Å². The first-order valence-electron chi connectivity index (χ1n) is 14.0. The Labute approximate surface area is 236 Å². The average Bonchev–Trinajstić information content (AvgIpc) is 3.65. The van der Waals surface area contributed by atoms with E-state index in [-0.39, 0.29) is 36.0 Å². The Hall–Kier alpha value is -4.53. The zero-order chi connectivity index (χ0) is 29.3. The van der Waals surface area contributed by atoms with Gasteiger partial charge in [-0.2, -0.15) is 0 Å². The lowest BCUT2D eigenvalue weighted by molar-refractivity contribution is -0.137. The molecule has 2 aliphatic heterocycles. The summed E-state index contributed by atoms with van der Waals surface area (Å²) in [6.07, 6.45) is 1.29. The fourth-order valence-electron chi connectivity index (χ4n) is 6.70. The third kappa shape index (κ3) is 4.10. The Balaban J connectivity index is 1.78. The SMILES string of the molecule is CCC1=C(C)c2cc3[nH]c(cc4nc(c5c6[nH]c(cc1n2)c(C)c6C(=O)C5)[C@@H](CCC(=O)O)[C@@H]4C)c(C)c3C(=O)O. The number of carbonyl (C=O) groups is 3. The van der Waals surface area contributed by atoms with Crippen LogP contribution in [0.2, 0.25) is 0 Å². The van der Waals surface area contributed by atoms with Gasteiger partial charge in [0.15, 0.2) is 5.78 Å². The van der Waals surface area contributed by atoms with Crippen LogP contribution in [0.15, 0.2) is 18.2 Å². The van der Waals surface area contributed by atoms with E-state index in [4.69, 9.17) is 9.97 Å². The molecule has 0 aromatic carbocycles. The van der Waals surface area contributed by atoms with Gasteiger partial charge in [-0.1, -0.05) is 13.8 Å². The van der Waals surface area contributed by atoms with E-state index in [9.17, 15) is 24.6 Å². The fourth-order valence-corrected chi connectivity index (χ4v) is 6.70. The molecule has 6 rings (SSSR count). The van der Waals surface area contributed by atoms with E-state index < -0.39 is 11.9 Å². The van der Waals surface area contributed by atoms with Crippen LogP contribution in [0.5, 0.6) is 0 Å². The number of hydrogen-bond acceptors (Lipinski definition) is 5. The number of aliphatic carboxylic acids is 1.